The molecule has 98 valence electrons. The fourth-order valence-electron chi connectivity index (χ4n) is 2.89. The van der Waals surface area contributed by atoms with E-state index in [2.05, 4.69) is 18.3 Å². The highest BCUT2D eigenvalue weighted by Crippen LogP contribution is 2.24. The number of amides is 1. The van der Waals surface area contributed by atoms with E-state index in [1.165, 1.54) is 19.3 Å². The Kier molecular flexibility index (Phi) is 4.05. The minimum absolute atomic E-state index is 0.0838. The van der Waals surface area contributed by atoms with Crippen molar-refractivity contribution >= 4 is 5.91 Å². The van der Waals surface area contributed by atoms with Crippen LogP contribution in [0.4, 0.5) is 0 Å². The van der Waals surface area contributed by atoms with Crippen LogP contribution in [0.15, 0.2) is 18.2 Å². The third kappa shape index (κ3) is 3.12. The van der Waals surface area contributed by atoms with E-state index in [0.717, 1.165) is 23.1 Å². The van der Waals surface area contributed by atoms with Gasteiger partial charge in [-0.05, 0) is 44.7 Å². The third-order valence-electron chi connectivity index (χ3n) is 3.91. The molecule has 1 aromatic carbocycles. The standard InChI is InChI=1S/C16H23NO/c1-11-8-12(2)10-14(9-11)16(18)17-15-7-5-4-6-13(15)3/h8-10,13,15H,4-7H2,1-3H3,(H,17,18). The van der Waals surface area contributed by atoms with Gasteiger partial charge in [-0.25, -0.2) is 0 Å². The Morgan fingerprint density at radius 2 is 1.72 bits per heavy atom. The Morgan fingerprint density at radius 3 is 2.33 bits per heavy atom. The van der Waals surface area contributed by atoms with Crippen molar-refractivity contribution in [1.29, 1.82) is 0 Å². The lowest BCUT2D eigenvalue weighted by Crippen LogP contribution is -2.41. The maximum atomic E-state index is 12.3. The highest BCUT2D eigenvalue weighted by molar-refractivity contribution is 5.94. The van der Waals surface area contributed by atoms with Gasteiger partial charge in [-0.1, -0.05) is 37.0 Å². The fourth-order valence-corrected chi connectivity index (χ4v) is 2.89. The van der Waals surface area contributed by atoms with Crippen LogP contribution in [-0.4, -0.2) is 11.9 Å². The molecule has 2 rings (SSSR count). The SMILES string of the molecule is Cc1cc(C)cc(C(=O)NC2CCCCC2C)c1. The molecule has 2 heteroatoms. The number of hydrogen-bond acceptors (Lipinski definition) is 1. The van der Waals surface area contributed by atoms with Gasteiger partial charge in [-0.3, -0.25) is 4.79 Å². The van der Waals surface area contributed by atoms with Crippen molar-refractivity contribution in [1.82, 2.24) is 5.32 Å². The average Bonchev–Trinajstić information content (AvgIpc) is 2.31. The fraction of sp³-hybridized carbons (Fsp3) is 0.562. The van der Waals surface area contributed by atoms with Crippen molar-refractivity contribution in [3.63, 3.8) is 0 Å². The van der Waals surface area contributed by atoms with Crippen molar-refractivity contribution in [3.05, 3.63) is 34.9 Å². The topological polar surface area (TPSA) is 29.1 Å². The van der Waals surface area contributed by atoms with Crippen molar-refractivity contribution in [2.24, 2.45) is 5.92 Å². The molecule has 0 spiro atoms. The predicted octanol–water partition coefficient (Wildman–Crippen LogP) is 3.61. The van der Waals surface area contributed by atoms with Gasteiger partial charge >= 0.3 is 0 Å². The molecule has 1 fully saturated rings. The molecule has 0 aliphatic heterocycles. The predicted molar refractivity (Wildman–Crippen MR) is 74.8 cm³/mol. The quantitative estimate of drug-likeness (QED) is 0.847. The van der Waals surface area contributed by atoms with E-state index in [-0.39, 0.29) is 5.91 Å². The first-order valence-corrected chi connectivity index (χ1v) is 6.95. The van der Waals surface area contributed by atoms with E-state index in [1.54, 1.807) is 0 Å². The number of nitrogens with one attached hydrogen (secondary N) is 1. The van der Waals surface area contributed by atoms with Gasteiger partial charge in [0.1, 0.15) is 0 Å². The van der Waals surface area contributed by atoms with E-state index in [4.69, 9.17) is 0 Å². The number of carbonyl (C=O) groups is 1. The van der Waals surface area contributed by atoms with Crippen LogP contribution in [-0.2, 0) is 0 Å². The number of aryl methyl sites for hydroxylation is 2. The van der Waals surface area contributed by atoms with Crippen LogP contribution in [0.2, 0.25) is 0 Å². The summed E-state index contributed by atoms with van der Waals surface area (Å²) in [6, 6.07) is 6.39. The van der Waals surface area contributed by atoms with Crippen molar-refractivity contribution in [3.8, 4) is 0 Å². The van der Waals surface area contributed by atoms with Gasteiger partial charge < -0.3 is 5.32 Å². The Balaban J connectivity index is 2.06. The Morgan fingerprint density at radius 1 is 1.11 bits per heavy atom. The van der Waals surface area contributed by atoms with Crippen LogP contribution in [0, 0.1) is 19.8 Å². The Bertz CT molecular complexity index is 418. The number of hydrogen-bond donors (Lipinski definition) is 1. The summed E-state index contributed by atoms with van der Waals surface area (Å²) in [5.74, 6) is 0.689. The lowest BCUT2D eigenvalue weighted by atomic mass is 9.86. The largest absolute Gasteiger partial charge is 0.349 e. The molecule has 1 saturated carbocycles. The van der Waals surface area contributed by atoms with Crippen LogP contribution in [0.1, 0.15) is 54.1 Å². The van der Waals surface area contributed by atoms with Gasteiger partial charge in [0.25, 0.3) is 5.91 Å². The summed E-state index contributed by atoms with van der Waals surface area (Å²) in [6.07, 6.45) is 4.90. The molecule has 0 radical (unpaired) electrons. The smallest absolute Gasteiger partial charge is 0.251 e. The zero-order valence-corrected chi connectivity index (χ0v) is 11.6. The van der Waals surface area contributed by atoms with Gasteiger partial charge in [0, 0.05) is 11.6 Å². The van der Waals surface area contributed by atoms with E-state index in [9.17, 15) is 4.79 Å². The summed E-state index contributed by atoms with van der Waals surface area (Å²) in [7, 11) is 0. The molecule has 2 unspecified atom stereocenters. The second-order valence-corrected chi connectivity index (χ2v) is 5.72. The summed E-state index contributed by atoms with van der Waals surface area (Å²) in [4.78, 5) is 12.3. The number of rotatable bonds is 2. The number of carbonyl (C=O) groups excluding carboxylic acids is 1. The second-order valence-electron chi connectivity index (χ2n) is 5.72. The molecular weight excluding hydrogens is 222 g/mol. The lowest BCUT2D eigenvalue weighted by Gasteiger charge is -2.29. The molecule has 1 N–H and O–H groups in total. The van der Waals surface area contributed by atoms with Gasteiger partial charge in [-0.15, -0.1) is 0 Å². The zero-order valence-electron chi connectivity index (χ0n) is 11.6. The zero-order chi connectivity index (χ0) is 13.1. The summed E-state index contributed by atoms with van der Waals surface area (Å²) < 4.78 is 0. The maximum absolute atomic E-state index is 12.3. The van der Waals surface area contributed by atoms with Gasteiger partial charge in [-0.2, -0.15) is 0 Å². The molecule has 0 heterocycles. The summed E-state index contributed by atoms with van der Waals surface area (Å²) in [5.41, 5.74) is 3.10. The summed E-state index contributed by atoms with van der Waals surface area (Å²) in [5, 5.41) is 3.20. The second kappa shape index (κ2) is 5.55. The third-order valence-corrected chi connectivity index (χ3v) is 3.91. The molecule has 1 amide bonds. The normalized spacial score (nSPS) is 23.7. The average molecular weight is 245 g/mol. The summed E-state index contributed by atoms with van der Waals surface area (Å²) in [6.45, 7) is 6.31. The van der Waals surface area contributed by atoms with Crippen LogP contribution < -0.4 is 5.32 Å². The van der Waals surface area contributed by atoms with Gasteiger partial charge in [0.2, 0.25) is 0 Å². The monoisotopic (exact) mass is 245 g/mol. The Hall–Kier alpha value is -1.31. The molecule has 0 bridgehead atoms. The van der Waals surface area contributed by atoms with Gasteiger partial charge in [0.15, 0.2) is 0 Å². The number of benzene rings is 1. The molecule has 1 aliphatic rings. The van der Waals surface area contributed by atoms with E-state index in [1.807, 2.05) is 26.0 Å². The highest BCUT2D eigenvalue weighted by Gasteiger charge is 2.23. The van der Waals surface area contributed by atoms with Crippen molar-refractivity contribution in [2.75, 3.05) is 0 Å². The van der Waals surface area contributed by atoms with Crippen LogP contribution in [0.5, 0.6) is 0 Å². The van der Waals surface area contributed by atoms with E-state index >= 15 is 0 Å². The van der Waals surface area contributed by atoms with Crippen LogP contribution >= 0.6 is 0 Å². The molecular formula is C16H23NO. The van der Waals surface area contributed by atoms with Crippen molar-refractivity contribution in [2.45, 2.75) is 52.5 Å². The summed E-state index contributed by atoms with van der Waals surface area (Å²) >= 11 is 0. The lowest BCUT2D eigenvalue weighted by molar-refractivity contribution is 0.0910. The molecule has 0 saturated heterocycles. The maximum Gasteiger partial charge on any atom is 0.251 e. The molecule has 0 aromatic heterocycles. The van der Waals surface area contributed by atoms with Gasteiger partial charge in [0.05, 0.1) is 0 Å². The molecule has 1 aliphatic carbocycles. The van der Waals surface area contributed by atoms with Crippen LogP contribution in [0.25, 0.3) is 0 Å². The van der Waals surface area contributed by atoms with E-state index < -0.39 is 0 Å². The Labute approximate surface area is 110 Å². The van der Waals surface area contributed by atoms with E-state index in [0.29, 0.717) is 12.0 Å². The molecule has 1 aromatic rings. The first-order valence-electron chi connectivity index (χ1n) is 6.95. The molecule has 2 atom stereocenters. The first kappa shape index (κ1) is 13.1. The molecule has 2 nitrogen and oxygen atoms in total. The van der Waals surface area contributed by atoms with Crippen LogP contribution in [0.3, 0.4) is 0 Å². The minimum atomic E-state index is 0.0838. The first-order chi connectivity index (χ1) is 8.56. The highest BCUT2D eigenvalue weighted by atomic mass is 16.1. The van der Waals surface area contributed by atoms with Crippen molar-refractivity contribution < 1.29 is 4.79 Å². The minimum Gasteiger partial charge on any atom is -0.349 e. The molecule has 18 heavy (non-hydrogen) atoms.